The minimum absolute atomic E-state index is 0.00900. The molecule has 138 valence electrons. The number of ether oxygens (including phenoxy) is 2. The molecule has 2 aliphatic heterocycles. The highest BCUT2D eigenvalue weighted by Gasteiger charge is 2.31. The van der Waals surface area contributed by atoms with Gasteiger partial charge in [-0.1, -0.05) is 0 Å². The third-order valence-corrected chi connectivity index (χ3v) is 5.31. The molecule has 0 saturated carbocycles. The smallest absolute Gasteiger partial charge is 0.253 e. The van der Waals surface area contributed by atoms with Gasteiger partial charge >= 0.3 is 0 Å². The number of amides is 1. The second-order valence-corrected chi connectivity index (χ2v) is 7.79. The maximum Gasteiger partial charge on any atom is 0.253 e. The van der Waals surface area contributed by atoms with Crippen molar-refractivity contribution >= 4 is 5.91 Å². The highest BCUT2D eigenvalue weighted by atomic mass is 16.5. The van der Waals surface area contributed by atoms with Gasteiger partial charge in [-0.3, -0.25) is 9.69 Å². The van der Waals surface area contributed by atoms with Gasteiger partial charge in [-0.2, -0.15) is 0 Å². The maximum absolute atomic E-state index is 12.6. The number of piperazine rings is 1. The van der Waals surface area contributed by atoms with Crippen LogP contribution >= 0.6 is 0 Å². The molecule has 0 spiro atoms. The third kappa shape index (κ3) is 4.73. The molecule has 0 bridgehead atoms. The van der Waals surface area contributed by atoms with E-state index < -0.39 is 0 Å². The quantitative estimate of drug-likeness (QED) is 0.841. The van der Waals surface area contributed by atoms with E-state index in [2.05, 4.69) is 18.7 Å². The van der Waals surface area contributed by atoms with Crippen molar-refractivity contribution in [2.24, 2.45) is 5.92 Å². The van der Waals surface area contributed by atoms with Crippen LogP contribution in [0.2, 0.25) is 0 Å². The zero-order valence-corrected chi connectivity index (χ0v) is 15.7. The number of hydrogen-bond donors (Lipinski definition) is 0. The van der Waals surface area contributed by atoms with Crippen LogP contribution in [-0.4, -0.2) is 67.7 Å². The SMILES string of the molecule is COc1ccc(C(=O)N2CCN(CC3CCOC(C)(C)C3)CC2)cc1. The van der Waals surface area contributed by atoms with E-state index in [-0.39, 0.29) is 11.5 Å². The molecule has 1 amide bonds. The lowest BCUT2D eigenvalue weighted by molar-refractivity contribution is -0.0778. The number of carbonyl (C=O) groups excluding carboxylic acids is 1. The Labute approximate surface area is 150 Å². The van der Waals surface area contributed by atoms with E-state index in [0.717, 1.165) is 63.5 Å². The number of nitrogens with zero attached hydrogens (tertiary/aromatic N) is 2. The van der Waals surface area contributed by atoms with Crippen LogP contribution < -0.4 is 4.74 Å². The first-order valence-corrected chi connectivity index (χ1v) is 9.26. The Morgan fingerprint density at radius 2 is 1.88 bits per heavy atom. The molecule has 5 nitrogen and oxygen atoms in total. The van der Waals surface area contributed by atoms with Crippen LogP contribution in [0.5, 0.6) is 5.75 Å². The van der Waals surface area contributed by atoms with Crippen LogP contribution in [0.15, 0.2) is 24.3 Å². The van der Waals surface area contributed by atoms with Gasteiger partial charge in [-0.25, -0.2) is 0 Å². The highest BCUT2D eigenvalue weighted by molar-refractivity contribution is 5.94. The maximum atomic E-state index is 12.6. The summed E-state index contributed by atoms with van der Waals surface area (Å²) in [6, 6.07) is 7.38. The summed E-state index contributed by atoms with van der Waals surface area (Å²) in [6.07, 6.45) is 2.27. The average molecular weight is 346 g/mol. The first-order chi connectivity index (χ1) is 12.0. The predicted octanol–water partition coefficient (Wildman–Crippen LogP) is 2.66. The van der Waals surface area contributed by atoms with Gasteiger partial charge in [-0.15, -0.1) is 0 Å². The van der Waals surface area contributed by atoms with Gasteiger partial charge in [0.25, 0.3) is 5.91 Å². The van der Waals surface area contributed by atoms with E-state index >= 15 is 0 Å². The molecule has 0 radical (unpaired) electrons. The van der Waals surface area contributed by atoms with Gasteiger partial charge in [0.1, 0.15) is 5.75 Å². The molecular weight excluding hydrogens is 316 g/mol. The minimum atomic E-state index is 0.00900. The highest BCUT2D eigenvalue weighted by Crippen LogP contribution is 2.29. The van der Waals surface area contributed by atoms with Gasteiger partial charge in [0.2, 0.25) is 0 Å². The van der Waals surface area contributed by atoms with Crippen LogP contribution in [0, 0.1) is 5.92 Å². The Hall–Kier alpha value is -1.59. The number of benzene rings is 1. The van der Waals surface area contributed by atoms with Crippen molar-refractivity contribution in [2.45, 2.75) is 32.3 Å². The van der Waals surface area contributed by atoms with Gasteiger partial charge in [0, 0.05) is 44.9 Å². The van der Waals surface area contributed by atoms with E-state index in [1.54, 1.807) is 7.11 Å². The van der Waals surface area contributed by atoms with E-state index in [1.165, 1.54) is 0 Å². The van der Waals surface area contributed by atoms with Gasteiger partial charge < -0.3 is 14.4 Å². The fourth-order valence-corrected chi connectivity index (χ4v) is 3.93. The van der Waals surface area contributed by atoms with Gasteiger partial charge in [-0.05, 0) is 56.9 Å². The molecule has 2 aliphatic rings. The summed E-state index contributed by atoms with van der Waals surface area (Å²) in [5.74, 6) is 1.60. The van der Waals surface area contributed by atoms with E-state index in [9.17, 15) is 4.79 Å². The largest absolute Gasteiger partial charge is 0.497 e. The third-order valence-electron chi connectivity index (χ3n) is 5.31. The Bertz CT molecular complexity index is 577. The predicted molar refractivity (Wildman–Crippen MR) is 98.1 cm³/mol. The van der Waals surface area contributed by atoms with Crippen molar-refractivity contribution in [1.82, 2.24) is 9.80 Å². The molecule has 1 unspecified atom stereocenters. The Kier molecular flexibility index (Phi) is 5.64. The lowest BCUT2D eigenvalue weighted by Crippen LogP contribution is -2.50. The lowest BCUT2D eigenvalue weighted by atomic mass is 9.88. The molecule has 0 aliphatic carbocycles. The van der Waals surface area contributed by atoms with Gasteiger partial charge in [0.15, 0.2) is 0 Å². The molecule has 3 rings (SSSR count). The number of methoxy groups -OCH3 is 1. The zero-order valence-electron chi connectivity index (χ0n) is 15.7. The summed E-state index contributed by atoms with van der Waals surface area (Å²) in [6.45, 7) is 9.88. The molecule has 0 aromatic heterocycles. The zero-order chi connectivity index (χ0) is 17.9. The van der Waals surface area contributed by atoms with Crippen molar-refractivity contribution in [3.63, 3.8) is 0 Å². The van der Waals surface area contributed by atoms with Crippen molar-refractivity contribution in [2.75, 3.05) is 46.4 Å². The summed E-state index contributed by atoms with van der Waals surface area (Å²) in [4.78, 5) is 17.1. The normalized spacial score (nSPS) is 24.1. The van der Waals surface area contributed by atoms with Crippen molar-refractivity contribution in [1.29, 1.82) is 0 Å². The Morgan fingerprint density at radius 3 is 2.48 bits per heavy atom. The Morgan fingerprint density at radius 1 is 1.20 bits per heavy atom. The van der Waals surface area contributed by atoms with Gasteiger partial charge in [0.05, 0.1) is 12.7 Å². The summed E-state index contributed by atoms with van der Waals surface area (Å²) in [5, 5.41) is 0. The monoisotopic (exact) mass is 346 g/mol. The summed E-state index contributed by atoms with van der Waals surface area (Å²) in [7, 11) is 1.63. The van der Waals surface area contributed by atoms with Crippen LogP contribution in [0.4, 0.5) is 0 Å². The van der Waals surface area contributed by atoms with E-state index in [1.807, 2.05) is 29.2 Å². The second kappa shape index (κ2) is 7.75. The second-order valence-electron chi connectivity index (χ2n) is 7.79. The van der Waals surface area contributed by atoms with E-state index in [0.29, 0.717) is 5.92 Å². The molecule has 5 heteroatoms. The number of rotatable bonds is 4. The number of carbonyl (C=O) groups is 1. The fraction of sp³-hybridized carbons (Fsp3) is 0.650. The standard InChI is InChI=1S/C20H30N2O3/c1-20(2)14-16(8-13-25-20)15-21-9-11-22(12-10-21)19(23)17-4-6-18(24-3)7-5-17/h4-7,16H,8-15H2,1-3H3. The summed E-state index contributed by atoms with van der Waals surface area (Å²) >= 11 is 0. The molecule has 1 atom stereocenters. The lowest BCUT2D eigenvalue weighted by Gasteiger charge is -2.40. The molecule has 2 fully saturated rings. The molecule has 2 heterocycles. The molecule has 25 heavy (non-hydrogen) atoms. The minimum Gasteiger partial charge on any atom is -0.497 e. The van der Waals surface area contributed by atoms with Crippen LogP contribution in [-0.2, 0) is 4.74 Å². The average Bonchev–Trinajstić information content (AvgIpc) is 2.61. The summed E-state index contributed by atoms with van der Waals surface area (Å²) in [5.41, 5.74) is 0.746. The Balaban J connectivity index is 1.48. The van der Waals surface area contributed by atoms with Crippen molar-refractivity contribution in [3.8, 4) is 5.75 Å². The molecule has 1 aromatic carbocycles. The first kappa shape index (κ1) is 18.2. The van der Waals surface area contributed by atoms with Crippen LogP contribution in [0.25, 0.3) is 0 Å². The van der Waals surface area contributed by atoms with E-state index in [4.69, 9.17) is 9.47 Å². The summed E-state index contributed by atoms with van der Waals surface area (Å²) < 4.78 is 11.0. The molecule has 0 N–H and O–H groups in total. The first-order valence-electron chi connectivity index (χ1n) is 9.26. The number of hydrogen-bond acceptors (Lipinski definition) is 4. The molecule has 1 aromatic rings. The van der Waals surface area contributed by atoms with Crippen molar-refractivity contribution < 1.29 is 14.3 Å². The van der Waals surface area contributed by atoms with Crippen LogP contribution in [0.3, 0.4) is 0 Å². The molecule has 2 saturated heterocycles. The van der Waals surface area contributed by atoms with Crippen LogP contribution in [0.1, 0.15) is 37.0 Å². The topological polar surface area (TPSA) is 42.0 Å². The fourth-order valence-electron chi connectivity index (χ4n) is 3.93. The van der Waals surface area contributed by atoms with Crippen molar-refractivity contribution in [3.05, 3.63) is 29.8 Å². The molecular formula is C20H30N2O3.